The summed E-state index contributed by atoms with van der Waals surface area (Å²) in [6, 6.07) is 4.06. The van der Waals surface area contributed by atoms with Crippen LogP contribution >= 0.6 is 0 Å². The first kappa shape index (κ1) is 17.7. The van der Waals surface area contributed by atoms with Crippen LogP contribution in [0.3, 0.4) is 0 Å². The zero-order valence-corrected chi connectivity index (χ0v) is 12.9. The summed E-state index contributed by atoms with van der Waals surface area (Å²) in [4.78, 5) is 12.2. The maximum atomic E-state index is 12.2. The smallest absolute Gasteiger partial charge is 0.508 e. The summed E-state index contributed by atoms with van der Waals surface area (Å²) in [5.74, 6) is -3.96. The van der Waals surface area contributed by atoms with E-state index in [1.165, 1.54) is 0 Å². The Hall–Kier alpha value is -2.61. The van der Waals surface area contributed by atoms with Crippen molar-refractivity contribution in [1.29, 1.82) is 0 Å². The second kappa shape index (κ2) is 6.12. The zero-order chi connectivity index (χ0) is 16.9. The van der Waals surface area contributed by atoms with E-state index in [-0.39, 0.29) is 39.7 Å². The molecule has 0 bridgehead atoms. The Kier molecular flexibility index (Phi) is 4.52. The van der Waals surface area contributed by atoms with Crippen molar-refractivity contribution in [1.82, 2.24) is 0 Å². The molecule has 1 aliphatic rings. The number of hydrogen-bond donors (Lipinski definition) is 6. The fourth-order valence-electron chi connectivity index (χ4n) is 2.45. The third-order valence-electron chi connectivity index (χ3n) is 3.54. The number of aromatic hydroxyl groups is 5. The standard InChI is InChI=1S/C15H12O8.Fe/c16-6-3-7(17)11-10(4-6)23-15(14(22)13(11)21)5-1-8(18)12(20)9(19)2-5;/h1-4,14-20,22H;/q;+3/t14-,15+;/m0./s1. The maximum Gasteiger partial charge on any atom is 3.00 e. The molecule has 0 fully saturated rings. The quantitative estimate of drug-likeness (QED) is 0.318. The summed E-state index contributed by atoms with van der Waals surface area (Å²) in [6.45, 7) is 0. The van der Waals surface area contributed by atoms with Gasteiger partial charge in [-0.05, 0) is 12.1 Å². The van der Waals surface area contributed by atoms with Crippen LogP contribution in [-0.4, -0.2) is 42.5 Å². The van der Waals surface area contributed by atoms with Crippen LogP contribution < -0.4 is 4.74 Å². The summed E-state index contributed by atoms with van der Waals surface area (Å²) in [6.07, 6.45) is -3.03. The molecule has 2 aromatic carbocycles. The average molecular weight is 376 g/mol. The summed E-state index contributed by atoms with van der Waals surface area (Å²) < 4.78 is 5.42. The molecule has 8 nitrogen and oxygen atoms in total. The Balaban J connectivity index is 0.00000208. The van der Waals surface area contributed by atoms with Gasteiger partial charge < -0.3 is 35.4 Å². The number of aliphatic hydroxyl groups is 1. The molecule has 3 rings (SSSR count). The van der Waals surface area contributed by atoms with Gasteiger partial charge in [0.2, 0.25) is 5.78 Å². The van der Waals surface area contributed by atoms with Crippen molar-refractivity contribution in [3.05, 3.63) is 35.4 Å². The van der Waals surface area contributed by atoms with E-state index >= 15 is 0 Å². The van der Waals surface area contributed by atoms with Crippen molar-refractivity contribution in [2.24, 2.45) is 0 Å². The van der Waals surface area contributed by atoms with E-state index in [1.807, 2.05) is 0 Å². The van der Waals surface area contributed by atoms with Crippen molar-refractivity contribution in [3.63, 3.8) is 0 Å². The van der Waals surface area contributed by atoms with E-state index < -0.39 is 41.0 Å². The van der Waals surface area contributed by atoms with Gasteiger partial charge in [0.25, 0.3) is 0 Å². The molecule has 0 amide bonds. The van der Waals surface area contributed by atoms with Crippen molar-refractivity contribution in [2.45, 2.75) is 12.2 Å². The van der Waals surface area contributed by atoms with Crippen LogP contribution in [-0.2, 0) is 17.1 Å². The van der Waals surface area contributed by atoms with Crippen LogP contribution in [0.2, 0.25) is 0 Å². The molecule has 2 atom stereocenters. The topological polar surface area (TPSA) is 148 Å². The van der Waals surface area contributed by atoms with Crippen LogP contribution in [0.25, 0.3) is 0 Å². The Morgan fingerprint density at radius 3 is 2.04 bits per heavy atom. The predicted octanol–water partition coefficient (Wildman–Crippen LogP) is 0.889. The Bertz CT molecular complexity index is 796. The van der Waals surface area contributed by atoms with Gasteiger partial charge in [0.1, 0.15) is 22.8 Å². The molecule has 1 radical (unpaired) electrons. The van der Waals surface area contributed by atoms with Gasteiger partial charge in [-0.3, -0.25) is 4.79 Å². The van der Waals surface area contributed by atoms with E-state index in [4.69, 9.17) is 4.74 Å². The van der Waals surface area contributed by atoms with Gasteiger partial charge in [0.15, 0.2) is 29.5 Å². The van der Waals surface area contributed by atoms with E-state index in [1.54, 1.807) is 0 Å². The first-order valence-electron chi connectivity index (χ1n) is 6.49. The number of aliphatic hydroxyl groups excluding tert-OH is 1. The van der Waals surface area contributed by atoms with E-state index in [9.17, 15) is 35.4 Å². The van der Waals surface area contributed by atoms with Gasteiger partial charge >= 0.3 is 17.1 Å². The number of fused-ring (bicyclic) bond motifs is 1. The number of ketones is 1. The largest absolute Gasteiger partial charge is 3.00 e. The number of rotatable bonds is 1. The number of ether oxygens (including phenoxy) is 1. The first-order valence-corrected chi connectivity index (χ1v) is 6.49. The Morgan fingerprint density at radius 1 is 0.875 bits per heavy atom. The fraction of sp³-hybridized carbons (Fsp3) is 0.133. The van der Waals surface area contributed by atoms with Crippen LogP contribution in [0.15, 0.2) is 24.3 Å². The normalized spacial score (nSPS) is 19.1. The van der Waals surface area contributed by atoms with Crippen molar-refractivity contribution in [3.8, 4) is 34.5 Å². The van der Waals surface area contributed by atoms with E-state index in [2.05, 4.69) is 0 Å². The molecule has 125 valence electrons. The molecule has 0 saturated heterocycles. The molecule has 9 heteroatoms. The van der Waals surface area contributed by atoms with Gasteiger partial charge in [-0.2, -0.15) is 0 Å². The van der Waals surface area contributed by atoms with Crippen LogP contribution in [0.1, 0.15) is 22.0 Å². The number of Topliss-reactive ketones (excluding diaryl/α,β-unsaturated/α-hetero) is 1. The summed E-state index contributed by atoms with van der Waals surface area (Å²) in [5, 5.41) is 57.7. The number of carbonyl (C=O) groups is 1. The number of benzene rings is 2. The molecular weight excluding hydrogens is 364 g/mol. The van der Waals surface area contributed by atoms with Gasteiger partial charge in [-0.15, -0.1) is 0 Å². The van der Waals surface area contributed by atoms with Crippen molar-refractivity contribution < 1.29 is 57.2 Å². The predicted molar refractivity (Wildman–Crippen MR) is 74.9 cm³/mol. The van der Waals surface area contributed by atoms with Crippen LogP contribution in [0, 0.1) is 0 Å². The monoisotopic (exact) mass is 376 g/mol. The third kappa shape index (κ3) is 2.69. The van der Waals surface area contributed by atoms with Gasteiger partial charge in [0, 0.05) is 17.7 Å². The Morgan fingerprint density at radius 2 is 1.46 bits per heavy atom. The molecule has 0 spiro atoms. The molecular formula is C15H12FeO8+3. The molecule has 1 heterocycles. The third-order valence-corrected chi connectivity index (χ3v) is 3.54. The minimum atomic E-state index is -1.72. The fourth-order valence-corrected chi connectivity index (χ4v) is 2.45. The molecule has 0 aromatic heterocycles. The molecule has 0 unspecified atom stereocenters. The van der Waals surface area contributed by atoms with Crippen LogP contribution in [0.4, 0.5) is 0 Å². The summed E-state index contributed by atoms with van der Waals surface area (Å²) in [5.41, 5.74) is -0.258. The molecule has 0 saturated carbocycles. The number of carbonyl (C=O) groups excluding carboxylic acids is 1. The SMILES string of the molecule is O=C1c2c(O)cc(O)cc2O[C@H](c2cc(O)c(O)c(O)c2)[C@H]1O.[Fe+3]. The first-order chi connectivity index (χ1) is 10.8. The second-order valence-electron chi connectivity index (χ2n) is 5.09. The van der Waals surface area contributed by atoms with Crippen molar-refractivity contribution in [2.75, 3.05) is 0 Å². The average Bonchev–Trinajstić information content (AvgIpc) is 2.47. The summed E-state index contributed by atoms with van der Waals surface area (Å²) >= 11 is 0. The molecule has 1 aliphatic heterocycles. The van der Waals surface area contributed by atoms with Crippen molar-refractivity contribution >= 4 is 5.78 Å². The minimum absolute atomic E-state index is 0. The molecule has 6 N–H and O–H groups in total. The van der Waals surface area contributed by atoms with Gasteiger partial charge in [0.05, 0.1) is 0 Å². The maximum absolute atomic E-state index is 12.2. The Labute approximate surface area is 145 Å². The molecule has 0 aliphatic carbocycles. The van der Waals surface area contributed by atoms with Crippen LogP contribution in [0.5, 0.6) is 34.5 Å². The molecule has 2 aromatic rings. The minimum Gasteiger partial charge on any atom is -0.508 e. The number of phenols is 5. The van der Waals surface area contributed by atoms with Gasteiger partial charge in [-0.25, -0.2) is 0 Å². The van der Waals surface area contributed by atoms with Gasteiger partial charge in [-0.1, -0.05) is 0 Å². The second-order valence-corrected chi connectivity index (χ2v) is 5.09. The summed E-state index contributed by atoms with van der Waals surface area (Å²) in [7, 11) is 0. The number of phenolic OH excluding ortho intramolecular Hbond substituents is 5. The molecule has 24 heavy (non-hydrogen) atoms. The zero-order valence-electron chi connectivity index (χ0n) is 11.8. The number of hydrogen-bond acceptors (Lipinski definition) is 8. The van der Waals surface area contributed by atoms with E-state index in [0.29, 0.717) is 0 Å². The van der Waals surface area contributed by atoms with E-state index in [0.717, 1.165) is 24.3 Å².